The molecule has 0 spiro atoms. The second-order valence-electron chi connectivity index (χ2n) is 8.65. The highest BCUT2D eigenvalue weighted by Gasteiger charge is 2.14. The fourth-order valence-corrected chi connectivity index (χ4v) is 4.01. The van der Waals surface area contributed by atoms with Gasteiger partial charge in [0.1, 0.15) is 11.6 Å². The number of nitrogens with zero attached hydrogens (tertiary/aromatic N) is 1. The average Bonchev–Trinajstić information content (AvgIpc) is 3.04. The minimum atomic E-state index is -0.237. The van der Waals surface area contributed by atoms with Crippen LogP contribution in [0.3, 0.4) is 0 Å². The Kier molecular flexibility index (Phi) is 6.50. The predicted octanol–water partition coefficient (Wildman–Crippen LogP) is 6.16. The quantitative estimate of drug-likeness (QED) is 0.371. The van der Waals surface area contributed by atoms with Gasteiger partial charge in [-0.25, -0.2) is 4.39 Å². The van der Waals surface area contributed by atoms with Crippen molar-refractivity contribution >= 4 is 16.8 Å². The van der Waals surface area contributed by atoms with Crippen LogP contribution in [0.2, 0.25) is 0 Å². The Morgan fingerprint density at radius 2 is 1.64 bits per heavy atom. The van der Waals surface area contributed by atoms with Crippen LogP contribution < -0.4 is 10.1 Å². The number of fused-ring (bicyclic) bond motifs is 1. The zero-order valence-corrected chi connectivity index (χ0v) is 19.5. The Morgan fingerprint density at radius 1 is 0.970 bits per heavy atom. The first-order valence-electron chi connectivity index (χ1n) is 11.2. The monoisotopic (exact) mass is 444 g/mol. The van der Waals surface area contributed by atoms with Crippen LogP contribution >= 0.6 is 0 Å². The van der Waals surface area contributed by atoms with Crippen LogP contribution in [0.4, 0.5) is 4.39 Å². The van der Waals surface area contributed by atoms with Gasteiger partial charge >= 0.3 is 0 Å². The Hall–Kier alpha value is -3.60. The molecule has 4 aromatic rings. The molecule has 5 heteroatoms. The van der Waals surface area contributed by atoms with Crippen LogP contribution in [-0.4, -0.2) is 16.6 Å². The molecule has 0 aliphatic rings. The number of benzene rings is 3. The Morgan fingerprint density at radius 3 is 2.30 bits per heavy atom. The number of ether oxygens (including phenoxy) is 1. The molecular weight excluding hydrogens is 415 g/mol. The zero-order chi connectivity index (χ0) is 23.5. The van der Waals surface area contributed by atoms with E-state index in [1.807, 2.05) is 56.3 Å². The highest BCUT2D eigenvalue weighted by atomic mass is 19.1. The van der Waals surface area contributed by atoms with Gasteiger partial charge in [0, 0.05) is 35.2 Å². The minimum Gasteiger partial charge on any atom is -0.491 e. The van der Waals surface area contributed by atoms with Crippen molar-refractivity contribution in [1.82, 2.24) is 9.88 Å². The van der Waals surface area contributed by atoms with Crippen molar-refractivity contribution in [2.75, 3.05) is 0 Å². The third-order valence-corrected chi connectivity index (χ3v) is 5.90. The van der Waals surface area contributed by atoms with Gasteiger partial charge in [0.15, 0.2) is 0 Å². The lowest BCUT2D eigenvalue weighted by Crippen LogP contribution is -2.22. The molecule has 0 fully saturated rings. The molecule has 4 rings (SSSR count). The summed E-state index contributed by atoms with van der Waals surface area (Å²) in [6, 6.07) is 20.1. The van der Waals surface area contributed by atoms with E-state index in [0.717, 1.165) is 39.0 Å². The molecule has 1 aromatic heterocycles. The second-order valence-corrected chi connectivity index (χ2v) is 8.65. The SMILES string of the molecule is Cc1c(C)n(Cc2ccc(F)cc2)c2ccc(C(=O)NCc3ccc(OC(C)C)cc3)cc12. The van der Waals surface area contributed by atoms with E-state index in [4.69, 9.17) is 4.74 Å². The molecule has 0 radical (unpaired) electrons. The van der Waals surface area contributed by atoms with Crippen molar-refractivity contribution < 1.29 is 13.9 Å². The van der Waals surface area contributed by atoms with E-state index in [1.54, 1.807) is 12.1 Å². The molecule has 0 aliphatic carbocycles. The maximum Gasteiger partial charge on any atom is 0.251 e. The van der Waals surface area contributed by atoms with Crippen LogP contribution in [0.1, 0.15) is 46.6 Å². The van der Waals surface area contributed by atoms with Gasteiger partial charge in [-0.2, -0.15) is 0 Å². The normalized spacial score (nSPS) is 11.2. The van der Waals surface area contributed by atoms with Gasteiger partial charge in [-0.3, -0.25) is 4.79 Å². The molecule has 1 heterocycles. The van der Waals surface area contributed by atoms with Crippen molar-refractivity contribution in [3.63, 3.8) is 0 Å². The van der Waals surface area contributed by atoms with E-state index < -0.39 is 0 Å². The van der Waals surface area contributed by atoms with Crippen molar-refractivity contribution in [2.45, 2.75) is 46.9 Å². The molecule has 0 unspecified atom stereocenters. The van der Waals surface area contributed by atoms with Gasteiger partial charge < -0.3 is 14.6 Å². The van der Waals surface area contributed by atoms with Crippen molar-refractivity contribution in [3.05, 3.63) is 100 Å². The van der Waals surface area contributed by atoms with Gasteiger partial charge in [-0.1, -0.05) is 24.3 Å². The van der Waals surface area contributed by atoms with Crippen LogP contribution in [0.5, 0.6) is 5.75 Å². The first kappa shape index (κ1) is 22.6. The summed E-state index contributed by atoms with van der Waals surface area (Å²) in [6.45, 7) is 9.23. The van der Waals surface area contributed by atoms with Crippen LogP contribution in [0.15, 0.2) is 66.7 Å². The first-order chi connectivity index (χ1) is 15.8. The van der Waals surface area contributed by atoms with Crippen LogP contribution in [-0.2, 0) is 13.1 Å². The molecular formula is C28H29FN2O2. The Labute approximate surface area is 194 Å². The van der Waals surface area contributed by atoms with Gasteiger partial charge in [0.05, 0.1) is 6.10 Å². The molecule has 4 nitrogen and oxygen atoms in total. The number of rotatable bonds is 7. The van der Waals surface area contributed by atoms with Gasteiger partial charge in [-0.05, 0) is 86.8 Å². The maximum absolute atomic E-state index is 13.3. The van der Waals surface area contributed by atoms with Gasteiger partial charge in [-0.15, -0.1) is 0 Å². The zero-order valence-electron chi connectivity index (χ0n) is 19.5. The summed E-state index contributed by atoms with van der Waals surface area (Å²) in [5.74, 6) is 0.476. The van der Waals surface area contributed by atoms with Gasteiger partial charge in [0.2, 0.25) is 0 Å². The number of nitrogens with one attached hydrogen (secondary N) is 1. The molecule has 170 valence electrons. The largest absolute Gasteiger partial charge is 0.491 e. The highest BCUT2D eigenvalue weighted by molar-refractivity contribution is 5.99. The van der Waals surface area contributed by atoms with Gasteiger partial charge in [0.25, 0.3) is 5.91 Å². The Balaban J connectivity index is 1.50. The maximum atomic E-state index is 13.3. The lowest BCUT2D eigenvalue weighted by Gasteiger charge is -2.11. The fourth-order valence-electron chi connectivity index (χ4n) is 4.01. The molecule has 1 amide bonds. The summed E-state index contributed by atoms with van der Waals surface area (Å²) in [5.41, 5.74) is 6.01. The van der Waals surface area contributed by atoms with Crippen LogP contribution in [0.25, 0.3) is 10.9 Å². The summed E-state index contributed by atoms with van der Waals surface area (Å²) >= 11 is 0. The summed E-state index contributed by atoms with van der Waals surface area (Å²) in [4.78, 5) is 12.8. The van der Waals surface area contributed by atoms with E-state index in [9.17, 15) is 9.18 Å². The van der Waals surface area contributed by atoms with Crippen molar-refractivity contribution in [3.8, 4) is 5.75 Å². The summed E-state index contributed by atoms with van der Waals surface area (Å²) in [6.07, 6.45) is 0.128. The molecule has 33 heavy (non-hydrogen) atoms. The van der Waals surface area contributed by atoms with E-state index in [-0.39, 0.29) is 17.8 Å². The summed E-state index contributed by atoms with van der Waals surface area (Å²) < 4.78 is 21.1. The number of amides is 1. The summed E-state index contributed by atoms with van der Waals surface area (Å²) in [7, 11) is 0. The van der Waals surface area contributed by atoms with E-state index in [1.165, 1.54) is 12.1 Å². The third kappa shape index (κ3) is 5.08. The molecule has 0 aliphatic heterocycles. The van der Waals surface area contributed by atoms with Crippen molar-refractivity contribution in [2.24, 2.45) is 0 Å². The van der Waals surface area contributed by atoms with Crippen LogP contribution in [0, 0.1) is 19.7 Å². The number of carbonyl (C=O) groups excluding carboxylic acids is 1. The lowest BCUT2D eigenvalue weighted by atomic mass is 10.1. The number of aromatic nitrogens is 1. The molecule has 0 atom stereocenters. The smallest absolute Gasteiger partial charge is 0.251 e. The second kappa shape index (κ2) is 9.49. The van der Waals surface area contributed by atoms with E-state index in [2.05, 4.69) is 23.7 Å². The minimum absolute atomic E-state index is 0.109. The highest BCUT2D eigenvalue weighted by Crippen LogP contribution is 2.27. The fraction of sp³-hybridized carbons (Fsp3) is 0.250. The predicted molar refractivity (Wildman–Crippen MR) is 130 cm³/mol. The molecule has 1 N–H and O–H groups in total. The third-order valence-electron chi connectivity index (χ3n) is 5.90. The number of hydrogen-bond donors (Lipinski definition) is 1. The standard InChI is InChI=1S/C28H29FN2O2/c1-18(2)33-25-12-7-21(8-13-25)16-30-28(32)23-9-14-27-26(15-23)19(3)20(4)31(27)17-22-5-10-24(29)11-6-22/h5-15,18H,16-17H2,1-4H3,(H,30,32). The molecule has 0 saturated heterocycles. The van der Waals surface area contributed by atoms with E-state index >= 15 is 0 Å². The number of aryl methyl sites for hydroxylation is 1. The number of carbonyl (C=O) groups is 1. The van der Waals surface area contributed by atoms with Crippen molar-refractivity contribution in [1.29, 1.82) is 0 Å². The first-order valence-corrected chi connectivity index (χ1v) is 11.2. The lowest BCUT2D eigenvalue weighted by molar-refractivity contribution is 0.0951. The molecule has 0 saturated carbocycles. The number of halogens is 1. The molecule has 3 aromatic carbocycles. The average molecular weight is 445 g/mol. The topological polar surface area (TPSA) is 43.3 Å². The molecule has 0 bridgehead atoms. The van der Waals surface area contributed by atoms with E-state index in [0.29, 0.717) is 18.7 Å². The summed E-state index contributed by atoms with van der Waals surface area (Å²) in [5, 5.41) is 4.06. The number of hydrogen-bond acceptors (Lipinski definition) is 2. The Bertz CT molecular complexity index is 1270.